The van der Waals surface area contributed by atoms with Gasteiger partial charge in [-0.2, -0.15) is 5.10 Å². The zero-order chi connectivity index (χ0) is 7.40. The van der Waals surface area contributed by atoms with E-state index < -0.39 is 0 Å². The molecular formula is C6H11N3O. The van der Waals surface area contributed by atoms with Gasteiger partial charge in [0.2, 0.25) is 0 Å². The molecule has 1 atom stereocenters. The van der Waals surface area contributed by atoms with Crippen LogP contribution in [-0.2, 0) is 6.42 Å². The van der Waals surface area contributed by atoms with Crippen LogP contribution in [-0.4, -0.2) is 26.4 Å². The Bertz CT molecular complexity index is 171. The van der Waals surface area contributed by atoms with Crippen LogP contribution in [0, 0.1) is 0 Å². The zero-order valence-electron chi connectivity index (χ0n) is 5.91. The molecule has 4 heteroatoms. The molecule has 0 unspecified atom stereocenters. The molecule has 2 N–H and O–H groups in total. The Labute approximate surface area is 59.3 Å². The van der Waals surface area contributed by atoms with Crippen molar-refractivity contribution in [2.24, 2.45) is 0 Å². The maximum atomic E-state index is 8.89. The van der Waals surface area contributed by atoms with Crippen LogP contribution in [0.3, 0.4) is 0 Å². The second-order valence-corrected chi connectivity index (χ2v) is 2.32. The third-order valence-corrected chi connectivity index (χ3v) is 1.26. The second-order valence-electron chi connectivity index (χ2n) is 2.32. The van der Waals surface area contributed by atoms with Gasteiger partial charge in [0.25, 0.3) is 0 Å². The number of nitrogens with zero attached hydrogens (tertiary/aromatic N) is 2. The smallest absolute Gasteiger partial charge is 0.137 e. The Balaban J connectivity index is 2.28. The number of aliphatic hydroxyl groups is 1. The second kappa shape index (κ2) is 3.31. The van der Waals surface area contributed by atoms with Gasteiger partial charge in [0, 0.05) is 6.42 Å². The van der Waals surface area contributed by atoms with E-state index in [0.717, 1.165) is 18.7 Å². The minimum absolute atomic E-state index is 0.259. The van der Waals surface area contributed by atoms with Gasteiger partial charge in [-0.3, -0.25) is 5.10 Å². The standard InChI is InChI=1S/C6H11N3O/c1-5(10)2-3-6-7-4-8-9-6/h4-5,10H,2-3H2,1H3,(H,7,8,9)/t5-/m1/s1. The maximum absolute atomic E-state index is 8.89. The molecule has 1 rings (SSSR count). The third-order valence-electron chi connectivity index (χ3n) is 1.26. The predicted molar refractivity (Wildman–Crippen MR) is 36.4 cm³/mol. The summed E-state index contributed by atoms with van der Waals surface area (Å²) >= 11 is 0. The lowest BCUT2D eigenvalue weighted by atomic mass is 10.2. The molecule has 1 aromatic heterocycles. The molecule has 0 aliphatic heterocycles. The topological polar surface area (TPSA) is 61.8 Å². The molecule has 10 heavy (non-hydrogen) atoms. The molecule has 56 valence electrons. The van der Waals surface area contributed by atoms with Gasteiger partial charge in [-0.25, -0.2) is 4.98 Å². The summed E-state index contributed by atoms with van der Waals surface area (Å²) in [5.74, 6) is 0.834. The number of aliphatic hydroxyl groups excluding tert-OH is 1. The predicted octanol–water partition coefficient (Wildman–Crippen LogP) is 0.118. The van der Waals surface area contributed by atoms with Crippen molar-refractivity contribution in [3.05, 3.63) is 12.2 Å². The highest BCUT2D eigenvalue weighted by atomic mass is 16.3. The van der Waals surface area contributed by atoms with E-state index in [0.29, 0.717) is 0 Å². The molecule has 1 aromatic rings. The van der Waals surface area contributed by atoms with E-state index in [-0.39, 0.29) is 6.10 Å². The molecule has 0 aliphatic carbocycles. The SMILES string of the molecule is C[C@@H](O)CCc1ncn[nH]1. The van der Waals surface area contributed by atoms with Crippen molar-refractivity contribution < 1.29 is 5.11 Å². The Morgan fingerprint density at radius 2 is 2.60 bits per heavy atom. The molecule has 0 fully saturated rings. The summed E-state index contributed by atoms with van der Waals surface area (Å²) in [6.45, 7) is 1.76. The van der Waals surface area contributed by atoms with Gasteiger partial charge in [0.15, 0.2) is 0 Å². The lowest BCUT2D eigenvalue weighted by Gasteiger charge is -1.98. The summed E-state index contributed by atoms with van der Waals surface area (Å²) in [5, 5.41) is 15.3. The zero-order valence-corrected chi connectivity index (χ0v) is 5.91. The van der Waals surface area contributed by atoms with Gasteiger partial charge in [0.1, 0.15) is 12.2 Å². The van der Waals surface area contributed by atoms with Crippen molar-refractivity contribution in [2.45, 2.75) is 25.9 Å². The largest absolute Gasteiger partial charge is 0.393 e. The first-order chi connectivity index (χ1) is 4.79. The van der Waals surface area contributed by atoms with Crippen molar-refractivity contribution in [3.63, 3.8) is 0 Å². The lowest BCUT2D eigenvalue weighted by Crippen LogP contribution is -2.02. The van der Waals surface area contributed by atoms with Crippen LogP contribution in [0.2, 0.25) is 0 Å². The van der Waals surface area contributed by atoms with Crippen LogP contribution in [0.5, 0.6) is 0 Å². The number of hydrogen-bond acceptors (Lipinski definition) is 3. The fourth-order valence-electron chi connectivity index (χ4n) is 0.697. The summed E-state index contributed by atoms with van der Waals surface area (Å²) < 4.78 is 0. The highest BCUT2D eigenvalue weighted by Crippen LogP contribution is 1.96. The molecule has 4 nitrogen and oxygen atoms in total. The van der Waals surface area contributed by atoms with E-state index in [2.05, 4.69) is 15.2 Å². The van der Waals surface area contributed by atoms with Gasteiger partial charge < -0.3 is 5.11 Å². The Morgan fingerprint density at radius 1 is 1.80 bits per heavy atom. The first-order valence-electron chi connectivity index (χ1n) is 3.31. The number of H-pyrrole nitrogens is 1. The van der Waals surface area contributed by atoms with Crippen LogP contribution in [0.25, 0.3) is 0 Å². The number of aromatic amines is 1. The summed E-state index contributed by atoms with van der Waals surface area (Å²) in [7, 11) is 0. The summed E-state index contributed by atoms with van der Waals surface area (Å²) in [6, 6.07) is 0. The first kappa shape index (κ1) is 7.21. The van der Waals surface area contributed by atoms with E-state index in [1.165, 1.54) is 6.33 Å². The summed E-state index contributed by atoms with van der Waals surface area (Å²) in [5.41, 5.74) is 0. The molecule has 0 radical (unpaired) electrons. The van der Waals surface area contributed by atoms with Crippen molar-refractivity contribution in [1.29, 1.82) is 0 Å². The van der Waals surface area contributed by atoms with Gasteiger partial charge >= 0.3 is 0 Å². The van der Waals surface area contributed by atoms with Gasteiger partial charge in [-0.05, 0) is 13.3 Å². The van der Waals surface area contributed by atoms with E-state index in [4.69, 9.17) is 5.11 Å². The van der Waals surface area contributed by atoms with Crippen molar-refractivity contribution in [1.82, 2.24) is 15.2 Å². The summed E-state index contributed by atoms with van der Waals surface area (Å²) in [6.07, 6.45) is 2.70. The highest BCUT2D eigenvalue weighted by Gasteiger charge is 1.98. The fraction of sp³-hybridized carbons (Fsp3) is 0.667. The molecule has 0 bridgehead atoms. The van der Waals surface area contributed by atoms with E-state index in [1.54, 1.807) is 6.92 Å². The van der Waals surface area contributed by atoms with Crippen molar-refractivity contribution >= 4 is 0 Å². The number of rotatable bonds is 3. The van der Waals surface area contributed by atoms with Gasteiger partial charge in [-0.1, -0.05) is 0 Å². The fourth-order valence-corrected chi connectivity index (χ4v) is 0.697. The van der Waals surface area contributed by atoms with Crippen LogP contribution in [0.15, 0.2) is 6.33 Å². The number of nitrogens with one attached hydrogen (secondary N) is 1. The average Bonchev–Trinajstić information content (AvgIpc) is 2.34. The number of hydrogen-bond donors (Lipinski definition) is 2. The Morgan fingerprint density at radius 3 is 3.10 bits per heavy atom. The average molecular weight is 141 g/mol. The third kappa shape index (κ3) is 2.14. The van der Waals surface area contributed by atoms with Gasteiger partial charge in [0.05, 0.1) is 6.10 Å². The van der Waals surface area contributed by atoms with Crippen LogP contribution in [0.1, 0.15) is 19.2 Å². The highest BCUT2D eigenvalue weighted by molar-refractivity contribution is 4.79. The number of aromatic nitrogens is 3. The minimum Gasteiger partial charge on any atom is -0.393 e. The van der Waals surface area contributed by atoms with Crippen LogP contribution < -0.4 is 0 Å². The molecular weight excluding hydrogens is 130 g/mol. The van der Waals surface area contributed by atoms with E-state index in [1.807, 2.05) is 0 Å². The molecule has 0 saturated heterocycles. The minimum atomic E-state index is -0.259. The van der Waals surface area contributed by atoms with Gasteiger partial charge in [-0.15, -0.1) is 0 Å². The number of aryl methyl sites for hydroxylation is 1. The van der Waals surface area contributed by atoms with Crippen LogP contribution in [0.4, 0.5) is 0 Å². The van der Waals surface area contributed by atoms with E-state index >= 15 is 0 Å². The lowest BCUT2D eigenvalue weighted by molar-refractivity contribution is 0.184. The first-order valence-corrected chi connectivity index (χ1v) is 3.31. The van der Waals surface area contributed by atoms with Crippen molar-refractivity contribution in [3.8, 4) is 0 Å². The molecule has 1 heterocycles. The Kier molecular flexibility index (Phi) is 2.39. The molecule has 0 amide bonds. The molecule has 0 saturated carbocycles. The van der Waals surface area contributed by atoms with E-state index in [9.17, 15) is 0 Å². The molecule has 0 aromatic carbocycles. The maximum Gasteiger partial charge on any atom is 0.137 e. The molecule has 0 spiro atoms. The molecule has 0 aliphatic rings. The monoisotopic (exact) mass is 141 g/mol. The van der Waals surface area contributed by atoms with Crippen molar-refractivity contribution in [2.75, 3.05) is 0 Å². The quantitative estimate of drug-likeness (QED) is 0.628. The Hall–Kier alpha value is -0.900. The summed E-state index contributed by atoms with van der Waals surface area (Å²) in [4.78, 5) is 3.91. The normalized spacial score (nSPS) is 13.4. The van der Waals surface area contributed by atoms with Crippen LogP contribution >= 0.6 is 0 Å².